The molecular weight excluding hydrogens is 245 g/mol. The molecule has 1 heterocycles. The Bertz CT molecular complexity index is 755. The van der Waals surface area contributed by atoms with Gasteiger partial charge in [-0.2, -0.15) is 0 Å². The number of fused-ring (bicyclic) bond motifs is 1. The molecule has 1 aromatic heterocycles. The molecule has 0 aliphatic rings. The van der Waals surface area contributed by atoms with E-state index >= 15 is 0 Å². The van der Waals surface area contributed by atoms with Crippen LogP contribution in [0.2, 0.25) is 0 Å². The molecule has 0 atom stereocenters. The van der Waals surface area contributed by atoms with E-state index in [0.717, 1.165) is 27.7 Å². The highest BCUT2D eigenvalue weighted by Gasteiger charge is 2.08. The molecule has 3 aromatic rings. The Labute approximate surface area is 119 Å². The number of aromatic nitrogens is 1. The van der Waals surface area contributed by atoms with Crippen molar-refractivity contribution in [3.05, 3.63) is 67.2 Å². The average Bonchev–Trinajstić information content (AvgIpc) is 2.53. The van der Waals surface area contributed by atoms with Gasteiger partial charge in [-0.05, 0) is 36.9 Å². The largest absolute Gasteiger partial charge is 0.568 e. The van der Waals surface area contributed by atoms with Gasteiger partial charge in [0.2, 0.25) is 0 Å². The summed E-state index contributed by atoms with van der Waals surface area (Å²) in [6.45, 7) is 5.74. The van der Waals surface area contributed by atoms with Gasteiger partial charge in [0.25, 0.3) is 0 Å². The van der Waals surface area contributed by atoms with Crippen LogP contribution in [0.15, 0.2) is 54.6 Å². The van der Waals surface area contributed by atoms with Crippen molar-refractivity contribution in [1.29, 1.82) is 0 Å². The molecule has 0 saturated carbocycles. The van der Waals surface area contributed by atoms with E-state index in [-0.39, 0.29) is 0 Å². The fraction of sp³-hybridized carbons (Fsp3) is 0.0588. The van der Waals surface area contributed by atoms with Crippen LogP contribution >= 0.6 is 0 Å². The van der Waals surface area contributed by atoms with Crippen LogP contribution in [0, 0.1) is 6.92 Å². The molecule has 4 radical (unpaired) electrons. The van der Waals surface area contributed by atoms with Gasteiger partial charge in [0, 0.05) is 16.6 Å². The van der Waals surface area contributed by atoms with Crippen LogP contribution in [0.4, 0.5) is 0 Å². The topological polar surface area (TPSA) is 22.1 Å². The number of hydrogen-bond donors (Lipinski definition) is 0. The lowest BCUT2D eigenvalue weighted by atomic mass is 10.0. The summed E-state index contributed by atoms with van der Waals surface area (Å²) in [5, 5.41) is 2.20. The average molecular weight is 257 g/mol. The molecule has 0 N–H and O–H groups in total. The third kappa shape index (κ3) is 2.27. The number of hydrogen-bond acceptors (Lipinski definition) is 2. The zero-order valence-electron chi connectivity index (χ0n) is 10.9. The maximum absolute atomic E-state index is 5.74. The lowest BCUT2D eigenvalue weighted by Gasteiger charge is -2.10. The Balaban J connectivity index is 2.28. The van der Waals surface area contributed by atoms with Crippen molar-refractivity contribution in [1.82, 2.24) is 4.98 Å². The van der Waals surface area contributed by atoms with Crippen LogP contribution in [-0.4, -0.2) is 13.0 Å². The van der Waals surface area contributed by atoms with E-state index in [4.69, 9.17) is 19.6 Å². The van der Waals surface area contributed by atoms with Gasteiger partial charge >= 0.3 is 8.05 Å². The van der Waals surface area contributed by atoms with Crippen LogP contribution in [0.1, 0.15) is 5.69 Å². The van der Waals surface area contributed by atoms with Gasteiger partial charge in [-0.15, -0.1) is 0 Å². The summed E-state index contributed by atoms with van der Waals surface area (Å²) in [4.78, 5) is 4.64. The Hall–Kier alpha value is -2.29. The summed E-state index contributed by atoms with van der Waals surface area (Å²) in [5.74, 6) is 0.603. The highest BCUT2D eigenvalue weighted by Crippen LogP contribution is 2.29. The van der Waals surface area contributed by atoms with Crippen molar-refractivity contribution in [3.63, 3.8) is 0 Å². The maximum Gasteiger partial charge on any atom is 0.374 e. The Morgan fingerprint density at radius 1 is 1.05 bits per heavy atom. The van der Waals surface area contributed by atoms with Crippen molar-refractivity contribution in [2.75, 3.05) is 0 Å². The highest BCUT2D eigenvalue weighted by molar-refractivity contribution is 6.00. The summed E-state index contributed by atoms with van der Waals surface area (Å²) < 4.78 is 4.79. The number of benzene rings is 2. The third-order valence-corrected chi connectivity index (χ3v) is 3.25. The summed E-state index contributed by atoms with van der Waals surface area (Å²) in [7, 11) is 5.23. The normalized spacial score (nSPS) is 10.7. The van der Waals surface area contributed by atoms with Crippen LogP contribution in [0.3, 0.4) is 0 Å². The highest BCUT2D eigenvalue weighted by atomic mass is 16.4. The van der Waals surface area contributed by atoms with E-state index in [1.807, 2.05) is 42.5 Å². The number of pyridine rings is 1. The summed E-state index contributed by atoms with van der Waals surface area (Å²) in [6.07, 6.45) is 0.408. The minimum Gasteiger partial charge on any atom is -0.568 e. The number of rotatable bonds is 3. The van der Waals surface area contributed by atoms with E-state index in [1.165, 1.54) is 0 Å². The molecule has 94 valence electrons. The van der Waals surface area contributed by atoms with E-state index in [9.17, 15) is 0 Å². The quantitative estimate of drug-likeness (QED) is 0.668. The Kier molecular flexibility index (Phi) is 3.42. The monoisotopic (exact) mass is 257 g/mol. The van der Waals surface area contributed by atoms with Crippen molar-refractivity contribution < 1.29 is 4.65 Å². The molecule has 0 aliphatic heterocycles. The van der Waals surface area contributed by atoms with Crippen LogP contribution in [0.25, 0.3) is 22.0 Å². The van der Waals surface area contributed by atoms with Gasteiger partial charge in [0.1, 0.15) is 0 Å². The Morgan fingerprint density at radius 3 is 2.70 bits per heavy atom. The second-order valence-electron chi connectivity index (χ2n) is 4.53. The van der Waals surface area contributed by atoms with Gasteiger partial charge in [-0.25, -0.2) is 0 Å². The van der Waals surface area contributed by atoms with E-state index < -0.39 is 0 Å². The molecule has 3 rings (SSSR count). The molecule has 0 saturated heterocycles. The van der Waals surface area contributed by atoms with Gasteiger partial charge in [-0.3, -0.25) is 4.98 Å². The molecule has 0 spiro atoms. The van der Waals surface area contributed by atoms with Gasteiger partial charge in [0.15, 0.2) is 0 Å². The fourth-order valence-electron chi connectivity index (χ4n) is 2.30. The van der Waals surface area contributed by atoms with Gasteiger partial charge in [0.05, 0.1) is 11.4 Å². The first kappa shape index (κ1) is 12.7. The molecule has 0 fully saturated rings. The molecular formula is C17H12BNO. The Morgan fingerprint density at radius 2 is 1.90 bits per heavy atom. The van der Waals surface area contributed by atoms with Crippen molar-refractivity contribution >= 4 is 18.8 Å². The maximum atomic E-state index is 5.74. The molecule has 0 aliphatic carbocycles. The van der Waals surface area contributed by atoms with Crippen LogP contribution < -0.4 is 4.65 Å². The first-order chi connectivity index (χ1) is 9.81. The molecule has 20 heavy (non-hydrogen) atoms. The lowest BCUT2D eigenvalue weighted by Crippen LogP contribution is -1.93. The van der Waals surface area contributed by atoms with E-state index in [0.29, 0.717) is 12.2 Å². The molecule has 0 amide bonds. The third-order valence-electron chi connectivity index (χ3n) is 3.25. The zero-order chi connectivity index (χ0) is 13.9. The predicted octanol–water partition coefficient (Wildman–Crippen LogP) is 3.62. The van der Waals surface area contributed by atoms with Crippen molar-refractivity contribution in [2.24, 2.45) is 0 Å². The summed E-state index contributed by atoms with van der Waals surface area (Å²) >= 11 is 0. The predicted molar refractivity (Wildman–Crippen MR) is 81.6 cm³/mol. The first-order valence-electron chi connectivity index (χ1n) is 6.37. The van der Waals surface area contributed by atoms with Gasteiger partial charge < -0.3 is 4.65 Å². The summed E-state index contributed by atoms with van der Waals surface area (Å²) in [6, 6.07) is 17.7. The summed E-state index contributed by atoms with van der Waals surface area (Å²) in [5.41, 5.74) is 2.71. The van der Waals surface area contributed by atoms with Gasteiger partial charge in [-0.1, -0.05) is 36.4 Å². The van der Waals surface area contributed by atoms with E-state index in [2.05, 4.69) is 11.1 Å². The molecule has 2 aromatic carbocycles. The smallest absolute Gasteiger partial charge is 0.374 e. The second-order valence-corrected chi connectivity index (χ2v) is 4.53. The SMILES string of the molecule is [B]Oc1cccc(-c2nc(C[CH])cc3ccccc23)c1. The second kappa shape index (κ2) is 5.37. The van der Waals surface area contributed by atoms with E-state index in [1.54, 1.807) is 6.07 Å². The fourth-order valence-corrected chi connectivity index (χ4v) is 2.30. The van der Waals surface area contributed by atoms with Crippen molar-refractivity contribution in [3.8, 4) is 17.0 Å². The molecule has 2 nitrogen and oxygen atoms in total. The number of nitrogens with zero attached hydrogens (tertiary/aromatic N) is 1. The van der Waals surface area contributed by atoms with Crippen LogP contribution in [0.5, 0.6) is 5.75 Å². The molecule has 0 unspecified atom stereocenters. The standard InChI is InChI=1S/C17H12BNO/c1-2-14-10-12-6-3-4-9-16(12)17(19-14)13-7-5-8-15(11-13)20-18/h1,3-11H,2H2. The molecule has 3 heteroatoms. The van der Waals surface area contributed by atoms with Crippen LogP contribution in [-0.2, 0) is 6.42 Å². The zero-order valence-corrected chi connectivity index (χ0v) is 10.9. The minimum atomic E-state index is 0.408. The van der Waals surface area contributed by atoms with Crippen molar-refractivity contribution in [2.45, 2.75) is 6.42 Å². The lowest BCUT2D eigenvalue weighted by molar-refractivity contribution is 0.616. The minimum absolute atomic E-state index is 0.408. The first-order valence-corrected chi connectivity index (χ1v) is 6.37. The molecule has 0 bridgehead atoms.